The molecule has 2 heterocycles. The van der Waals surface area contributed by atoms with Crippen molar-refractivity contribution in [2.45, 2.75) is 122 Å². The Kier molecular flexibility index (Phi) is 14.8. The second-order valence-corrected chi connectivity index (χ2v) is 12.8. The van der Waals surface area contributed by atoms with E-state index in [9.17, 15) is 35.4 Å². The minimum absolute atomic E-state index is 0.0118. The molecule has 0 aromatic carbocycles. The fraction of sp³-hybridized carbons (Fsp3) is 0.676. The van der Waals surface area contributed by atoms with Crippen molar-refractivity contribution >= 4 is 0 Å². The van der Waals surface area contributed by atoms with Crippen LogP contribution in [0.4, 0.5) is 0 Å². The first kappa shape index (κ1) is 36.9. The second-order valence-electron chi connectivity index (χ2n) is 12.8. The SMILES string of the molecule is CCCCCC[C@H](C)CC(C)=C[C@@H](C=C(C)C=C[C@H](O)C(C)(C)c1cc(O)c([C@@H]2O[C@@H](CO)C[C@@H](O)[C@@H]2O)c(=O)o1)CO. The minimum Gasteiger partial charge on any atom is -0.507 e. The fourth-order valence-corrected chi connectivity index (χ4v) is 5.56. The molecule has 1 aliphatic heterocycles. The summed E-state index contributed by atoms with van der Waals surface area (Å²) < 4.78 is 11.0. The molecule has 6 N–H and O–H groups in total. The Balaban J connectivity index is 2.14. The van der Waals surface area contributed by atoms with Crippen molar-refractivity contribution in [3.8, 4) is 5.75 Å². The molecule has 7 atom stereocenters. The van der Waals surface area contributed by atoms with Crippen LogP contribution in [0.2, 0.25) is 0 Å². The van der Waals surface area contributed by atoms with Gasteiger partial charge >= 0.3 is 5.63 Å². The molecular weight excluding hydrogens is 552 g/mol. The number of hydrogen-bond donors (Lipinski definition) is 6. The highest BCUT2D eigenvalue weighted by molar-refractivity contribution is 5.36. The molecule has 0 spiro atoms. The predicted molar refractivity (Wildman–Crippen MR) is 167 cm³/mol. The van der Waals surface area contributed by atoms with Crippen molar-refractivity contribution in [2.75, 3.05) is 13.2 Å². The molecule has 0 unspecified atom stereocenters. The zero-order valence-electron chi connectivity index (χ0n) is 26.7. The van der Waals surface area contributed by atoms with Gasteiger partial charge in [-0.3, -0.25) is 0 Å². The number of hydrogen-bond acceptors (Lipinski definition) is 9. The lowest BCUT2D eigenvalue weighted by molar-refractivity contribution is -0.180. The molecular formula is C34H54O9. The lowest BCUT2D eigenvalue weighted by Gasteiger charge is -2.36. The number of aliphatic hydroxyl groups is 5. The first-order valence-corrected chi connectivity index (χ1v) is 15.6. The van der Waals surface area contributed by atoms with E-state index in [-0.39, 0.29) is 30.3 Å². The molecule has 1 fully saturated rings. The number of aliphatic hydroxyl groups excluding tert-OH is 5. The Morgan fingerprint density at radius 3 is 2.44 bits per heavy atom. The Bertz CT molecular complexity index is 1150. The third-order valence-corrected chi connectivity index (χ3v) is 8.33. The normalized spacial score (nSPS) is 24.3. The van der Waals surface area contributed by atoms with Crippen LogP contribution in [-0.2, 0) is 10.2 Å². The number of unbranched alkanes of at least 4 members (excludes halogenated alkanes) is 3. The van der Waals surface area contributed by atoms with Crippen LogP contribution < -0.4 is 5.63 Å². The molecule has 0 aliphatic carbocycles. The van der Waals surface area contributed by atoms with Gasteiger partial charge in [-0.1, -0.05) is 81.4 Å². The van der Waals surface area contributed by atoms with Gasteiger partial charge in [0.25, 0.3) is 0 Å². The van der Waals surface area contributed by atoms with Gasteiger partial charge in [-0.15, -0.1) is 0 Å². The summed E-state index contributed by atoms with van der Waals surface area (Å²) in [7, 11) is 0. The van der Waals surface area contributed by atoms with E-state index in [4.69, 9.17) is 9.15 Å². The van der Waals surface area contributed by atoms with Crippen molar-refractivity contribution in [3.63, 3.8) is 0 Å². The molecule has 0 radical (unpaired) electrons. The van der Waals surface area contributed by atoms with E-state index in [1.807, 2.05) is 13.0 Å². The molecule has 0 amide bonds. The lowest BCUT2D eigenvalue weighted by Crippen LogP contribution is -2.46. The van der Waals surface area contributed by atoms with Crippen LogP contribution in [0.1, 0.15) is 104 Å². The predicted octanol–water partition coefficient (Wildman–Crippen LogP) is 4.58. The first-order chi connectivity index (χ1) is 20.2. The summed E-state index contributed by atoms with van der Waals surface area (Å²) in [6.07, 6.45) is 8.44. The number of allylic oxidation sites excluding steroid dienone is 3. The molecule has 1 aromatic rings. The summed E-state index contributed by atoms with van der Waals surface area (Å²) >= 11 is 0. The molecule has 244 valence electrons. The van der Waals surface area contributed by atoms with Crippen LogP contribution in [0.5, 0.6) is 5.75 Å². The van der Waals surface area contributed by atoms with Gasteiger partial charge < -0.3 is 39.8 Å². The van der Waals surface area contributed by atoms with Gasteiger partial charge in [0.2, 0.25) is 0 Å². The van der Waals surface area contributed by atoms with E-state index in [2.05, 4.69) is 26.8 Å². The smallest absolute Gasteiger partial charge is 0.345 e. The third-order valence-electron chi connectivity index (χ3n) is 8.33. The summed E-state index contributed by atoms with van der Waals surface area (Å²) in [4.78, 5) is 12.9. The summed E-state index contributed by atoms with van der Waals surface area (Å²) in [5.41, 5.74) is -0.399. The van der Waals surface area contributed by atoms with Gasteiger partial charge in [-0.05, 0) is 40.0 Å². The average molecular weight is 607 g/mol. The van der Waals surface area contributed by atoms with Crippen molar-refractivity contribution < 1.29 is 39.8 Å². The van der Waals surface area contributed by atoms with Gasteiger partial charge in [0, 0.05) is 18.4 Å². The quantitative estimate of drug-likeness (QED) is 0.0899. The van der Waals surface area contributed by atoms with Crippen molar-refractivity contribution in [1.29, 1.82) is 0 Å². The summed E-state index contributed by atoms with van der Waals surface area (Å²) in [5.74, 6) is -0.0686. The highest BCUT2D eigenvalue weighted by Gasteiger charge is 2.41. The molecule has 0 bridgehead atoms. The Morgan fingerprint density at radius 1 is 1.14 bits per heavy atom. The van der Waals surface area contributed by atoms with Crippen LogP contribution in [-0.4, -0.2) is 68.3 Å². The highest BCUT2D eigenvalue weighted by atomic mass is 16.5. The molecule has 1 saturated heterocycles. The summed E-state index contributed by atoms with van der Waals surface area (Å²) in [6.45, 7) is 11.3. The molecule has 43 heavy (non-hydrogen) atoms. The standard InChI is InChI=1S/C34H54O9/c1-7-8-9-10-11-21(2)14-23(4)16-24(19-35)15-22(3)12-13-28(39)34(5,6)29-18-26(37)30(33(41)43-29)32-31(40)27(38)17-25(20-36)42-32/h12-13,15-16,18,21,24-25,27-28,31-32,35-40H,7-11,14,17,19-20H2,1-6H3/t21-,24+,25+,27+,28-,31-,32-/m0/s1. The number of aromatic hydroxyl groups is 1. The maximum absolute atomic E-state index is 12.9. The van der Waals surface area contributed by atoms with E-state index < -0.39 is 53.9 Å². The van der Waals surface area contributed by atoms with E-state index in [1.165, 1.54) is 43.7 Å². The third kappa shape index (κ3) is 10.7. The van der Waals surface area contributed by atoms with Gasteiger partial charge in [-0.25, -0.2) is 4.79 Å². The van der Waals surface area contributed by atoms with Gasteiger partial charge in [0.1, 0.15) is 29.3 Å². The minimum atomic E-state index is -1.50. The van der Waals surface area contributed by atoms with Crippen molar-refractivity contribution in [1.82, 2.24) is 0 Å². The molecule has 9 heteroatoms. The summed E-state index contributed by atoms with van der Waals surface area (Å²) in [6, 6.07) is 1.20. The summed E-state index contributed by atoms with van der Waals surface area (Å²) in [5, 5.41) is 61.7. The topological polar surface area (TPSA) is 161 Å². The van der Waals surface area contributed by atoms with Gasteiger partial charge in [0.05, 0.1) is 36.9 Å². The van der Waals surface area contributed by atoms with Crippen LogP contribution >= 0.6 is 0 Å². The van der Waals surface area contributed by atoms with Crippen molar-refractivity contribution in [3.05, 3.63) is 63.3 Å². The zero-order valence-corrected chi connectivity index (χ0v) is 26.7. The number of ether oxygens (including phenoxy) is 1. The molecule has 2 rings (SSSR count). The fourth-order valence-electron chi connectivity index (χ4n) is 5.56. The number of rotatable bonds is 16. The maximum Gasteiger partial charge on any atom is 0.345 e. The van der Waals surface area contributed by atoms with Gasteiger partial charge in [-0.2, -0.15) is 0 Å². The maximum atomic E-state index is 12.9. The van der Waals surface area contributed by atoms with Crippen LogP contribution in [0.3, 0.4) is 0 Å². The van der Waals surface area contributed by atoms with E-state index in [1.54, 1.807) is 26.0 Å². The van der Waals surface area contributed by atoms with E-state index >= 15 is 0 Å². The van der Waals surface area contributed by atoms with E-state index in [0.717, 1.165) is 12.0 Å². The van der Waals surface area contributed by atoms with Crippen molar-refractivity contribution in [2.24, 2.45) is 11.8 Å². The molecule has 1 aliphatic rings. The highest BCUT2D eigenvalue weighted by Crippen LogP contribution is 2.37. The Labute approximate surface area is 256 Å². The molecule has 0 saturated carbocycles. The Hall–Kier alpha value is -2.27. The zero-order chi connectivity index (χ0) is 32.3. The Morgan fingerprint density at radius 2 is 1.84 bits per heavy atom. The van der Waals surface area contributed by atoms with Gasteiger partial charge in [0.15, 0.2) is 0 Å². The van der Waals surface area contributed by atoms with E-state index in [0.29, 0.717) is 5.92 Å². The molecule has 1 aromatic heterocycles. The lowest BCUT2D eigenvalue weighted by atomic mass is 9.82. The van der Waals surface area contributed by atoms with Crippen LogP contribution in [0.25, 0.3) is 0 Å². The monoisotopic (exact) mass is 606 g/mol. The second kappa shape index (κ2) is 17.3. The average Bonchev–Trinajstić information content (AvgIpc) is 2.95. The van der Waals surface area contributed by atoms with Crippen LogP contribution in [0, 0.1) is 11.8 Å². The largest absolute Gasteiger partial charge is 0.507 e. The first-order valence-electron chi connectivity index (χ1n) is 15.6. The molecule has 9 nitrogen and oxygen atoms in total. The van der Waals surface area contributed by atoms with Crippen LogP contribution in [0.15, 0.2) is 50.7 Å².